The predicted octanol–water partition coefficient (Wildman–Crippen LogP) is 2.93. The third kappa shape index (κ3) is 6.86. The first-order chi connectivity index (χ1) is 23.2. The second kappa shape index (κ2) is 14.2. The minimum absolute atomic E-state index is 0.133. The molecule has 0 aromatic heterocycles. The number of anilines is 1. The summed E-state index contributed by atoms with van der Waals surface area (Å²) in [6.07, 6.45) is 6.49. The van der Waals surface area contributed by atoms with Crippen LogP contribution in [-0.4, -0.2) is 63.2 Å². The summed E-state index contributed by atoms with van der Waals surface area (Å²) in [6.45, 7) is 0.496. The quantitative estimate of drug-likeness (QED) is 0.202. The molecule has 7 amide bonds. The summed E-state index contributed by atoms with van der Waals surface area (Å²) in [6, 6.07) is 9.23. The Morgan fingerprint density at radius 1 is 0.729 bits per heavy atom. The average molecular weight is 652 g/mol. The van der Waals surface area contributed by atoms with Crippen LogP contribution in [0.4, 0.5) is 5.69 Å². The Kier molecular flexibility index (Phi) is 9.66. The predicted molar refractivity (Wildman–Crippen MR) is 173 cm³/mol. The molecule has 0 saturated carbocycles. The van der Waals surface area contributed by atoms with E-state index in [2.05, 4.69) is 27.8 Å². The van der Waals surface area contributed by atoms with E-state index in [1.807, 2.05) is 6.07 Å². The average Bonchev–Trinajstić information content (AvgIpc) is 3.57. The number of benzene rings is 2. The number of carbonyl (C=O) groups excluding carboxylic acids is 7. The van der Waals surface area contributed by atoms with E-state index < -0.39 is 23.9 Å². The number of hydrogen-bond donors (Lipinski definition) is 3. The maximum absolute atomic E-state index is 13.0. The van der Waals surface area contributed by atoms with Crippen LogP contribution in [0.5, 0.6) is 0 Å². The first kappa shape index (κ1) is 32.6. The molecule has 0 aliphatic carbocycles. The number of hydrogen-bond acceptors (Lipinski definition) is 7. The van der Waals surface area contributed by atoms with E-state index >= 15 is 0 Å². The van der Waals surface area contributed by atoms with Crippen LogP contribution >= 0.6 is 0 Å². The van der Waals surface area contributed by atoms with Crippen LogP contribution in [0.25, 0.3) is 0 Å². The van der Waals surface area contributed by atoms with Crippen molar-refractivity contribution < 1.29 is 33.6 Å². The summed E-state index contributed by atoms with van der Waals surface area (Å²) < 4.78 is 0. The first-order valence-corrected chi connectivity index (χ1v) is 16.5. The van der Waals surface area contributed by atoms with Crippen molar-refractivity contribution in [3.8, 4) is 11.8 Å². The van der Waals surface area contributed by atoms with Gasteiger partial charge in [-0.3, -0.25) is 44.2 Å². The van der Waals surface area contributed by atoms with Crippen molar-refractivity contribution >= 4 is 47.0 Å². The molecule has 0 radical (unpaired) electrons. The topological polar surface area (TPSA) is 162 Å². The maximum atomic E-state index is 13.0. The van der Waals surface area contributed by atoms with E-state index in [0.717, 1.165) is 43.2 Å². The Morgan fingerprint density at radius 3 is 1.94 bits per heavy atom. The Labute approximate surface area is 278 Å². The lowest BCUT2D eigenvalue weighted by molar-refractivity contribution is -0.138. The van der Waals surface area contributed by atoms with E-state index in [1.165, 1.54) is 9.80 Å². The molecular formula is C36H37N5O7. The molecule has 4 aliphatic heterocycles. The molecular weight excluding hydrogens is 614 g/mol. The van der Waals surface area contributed by atoms with Gasteiger partial charge in [0.05, 0.1) is 0 Å². The van der Waals surface area contributed by atoms with Crippen LogP contribution in [0.2, 0.25) is 0 Å². The summed E-state index contributed by atoms with van der Waals surface area (Å²) in [5.41, 5.74) is 3.85. The van der Waals surface area contributed by atoms with Gasteiger partial charge in [-0.1, -0.05) is 43.2 Å². The fourth-order valence-electron chi connectivity index (χ4n) is 6.81. The van der Waals surface area contributed by atoms with Gasteiger partial charge in [0.1, 0.15) is 12.1 Å². The maximum Gasteiger partial charge on any atom is 0.255 e. The number of imide groups is 2. The van der Waals surface area contributed by atoms with Gasteiger partial charge in [-0.05, 0) is 55.5 Å². The van der Waals surface area contributed by atoms with Crippen LogP contribution in [0.15, 0.2) is 36.4 Å². The van der Waals surface area contributed by atoms with E-state index in [0.29, 0.717) is 48.2 Å². The van der Waals surface area contributed by atoms with Crippen LogP contribution in [0.3, 0.4) is 0 Å². The molecule has 6 rings (SSSR count). The van der Waals surface area contributed by atoms with Gasteiger partial charge < -0.3 is 15.1 Å². The zero-order valence-electron chi connectivity index (χ0n) is 26.6. The van der Waals surface area contributed by atoms with E-state index in [1.54, 1.807) is 30.3 Å². The molecule has 2 saturated heterocycles. The number of nitrogens with one attached hydrogen (secondary N) is 3. The van der Waals surface area contributed by atoms with Crippen molar-refractivity contribution in [2.24, 2.45) is 0 Å². The van der Waals surface area contributed by atoms with Gasteiger partial charge in [0.15, 0.2) is 0 Å². The largest absolute Gasteiger partial charge is 0.326 e. The molecule has 0 spiro atoms. The molecule has 12 nitrogen and oxygen atoms in total. The molecule has 2 unspecified atom stereocenters. The van der Waals surface area contributed by atoms with E-state index in [9.17, 15) is 33.6 Å². The number of nitrogens with zero attached hydrogens (tertiary/aromatic N) is 2. The first-order valence-electron chi connectivity index (χ1n) is 16.5. The fraction of sp³-hybridized carbons (Fsp3) is 0.417. The van der Waals surface area contributed by atoms with E-state index in [4.69, 9.17) is 0 Å². The van der Waals surface area contributed by atoms with Gasteiger partial charge in [-0.2, -0.15) is 0 Å². The molecule has 0 bridgehead atoms. The highest BCUT2D eigenvalue weighted by molar-refractivity contribution is 6.07. The summed E-state index contributed by atoms with van der Waals surface area (Å²) in [5, 5.41) is 7.56. The Hall–Kier alpha value is -5.31. The lowest BCUT2D eigenvalue weighted by Crippen LogP contribution is -2.52. The second-order valence-corrected chi connectivity index (χ2v) is 12.6. The fourth-order valence-corrected chi connectivity index (χ4v) is 6.81. The van der Waals surface area contributed by atoms with Gasteiger partial charge in [0.2, 0.25) is 29.5 Å². The highest BCUT2D eigenvalue weighted by Gasteiger charge is 2.41. The molecule has 2 atom stereocenters. The SMILES string of the molecule is O=C1CCC(N2Cc3c(C#CCCCCCCCC(=O)Nc4cccc5c4CN(C4CCC(=O)NC4=O)C5=O)cccc3C2=O)C(=O)N1. The lowest BCUT2D eigenvalue weighted by Gasteiger charge is -2.29. The highest BCUT2D eigenvalue weighted by atomic mass is 16.2. The monoisotopic (exact) mass is 651 g/mol. The Bertz CT molecular complexity index is 1770. The second-order valence-electron chi connectivity index (χ2n) is 12.6. The number of fused-ring (bicyclic) bond motifs is 2. The zero-order chi connectivity index (χ0) is 33.8. The van der Waals surface area contributed by atoms with Crippen LogP contribution < -0.4 is 16.0 Å². The van der Waals surface area contributed by atoms with Crippen molar-refractivity contribution in [3.63, 3.8) is 0 Å². The van der Waals surface area contributed by atoms with E-state index in [-0.39, 0.29) is 55.3 Å². The summed E-state index contributed by atoms with van der Waals surface area (Å²) in [7, 11) is 0. The molecule has 2 aromatic rings. The number of unbranched alkanes of at least 4 members (excludes halogenated alkanes) is 5. The summed E-state index contributed by atoms with van der Waals surface area (Å²) >= 11 is 0. The molecule has 4 heterocycles. The van der Waals surface area contributed by atoms with Gasteiger partial charge in [0.25, 0.3) is 11.8 Å². The van der Waals surface area contributed by atoms with Crippen LogP contribution in [-0.2, 0) is 37.1 Å². The van der Waals surface area contributed by atoms with Crippen molar-refractivity contribution in [1.82, 2.24) is 20.4 Å². The third-order valence-corrected chi connectivity index (χ3v) is 9.37. The number of amides is 7. The van der Waals surface area contributed by atoms with Crippen LogP contribution in [0.1, 0.15) is 108 Å². The lowest BCUT2D eigenvalue weighted by atomic mass is 10.0. The number of piperidine rings is 2. The molecule has 3 N–H and O–H groups in total. The summed E-state index contributed by atoms with van der Waals surface area (Å²) in [5.74, 6) is 4.23. The van der Waals surface area contributed by atoms with Crippen molar-refractivity contribution in [2.75, 3.05) is 5.32 Å². The molecule has 4 aliphatic rings. The van der Waals surface area contributed by atoms with Gasteiger partial charge in [-0.25, -0.2) is 0 Å². The highest BCUT2D eigenvalue weighted by Crippen LogP contribution is 2.33. The van der Waals surface area contributed by atoms with Gasteiger partial charge in [0, 0.05) is 66.7 Å². The molecule has 248 valence electrons. The Balaban J connectivity index is 0.910. The molecule has 48 heavy (non-hydrogen) atoms. The smallest absolute Gasteiger partial charge is 0.255 e. The number of carbonyl (C=O) groups is 7. The Morgan fingerprint density at radius 2 is 1.29 bits per heavy atom. The normalized spacial score (nSPS) is 20.2. The van der Waals surface area contributed by atoms with Crippen molar-refractivity contribution in [3.05, 3.63) is 64.2 Å². The van der Waals surface area contributed by atoms with Gasteiger partial charge >= 0.3 is 0 Å². The molecule has 2 fully saturated rings. The molecule has 2 aromatic carbocycles. The summed E-state index contributed by atoms with van der Waals surface area (Å²) in [4.78, 5) is 89.5. The number of rotatable bonds is 10. The minimum atomic E-state index is -0.709. The zero-order valence-corrected chi connectivity index (χ0v) is 26.6. The third-order valence-electron chi connectivity index (χ3n) is 9.37. The van der Waals surface area contributed by atoms with Crippen molar-refractivity contribution in [2.45, 2.75) is 95.8 Å². The minimum Gasteiger partial charge on any atom is -0.326 e. The van der Waals surface area contributed by atoms with Gasteiger partial charge in [-0.15, -0.1) is 0 Å². The molecule has 12 heteroatoms. The standard InChI is InChI=1S/C36H37N5O7/c42-30(37-27-14-9-13-24-26(27)21-41(36(24)48)29-17-19-32(44)39-34(29)46)15-7-5-3-1-2-4-6-10-22-11-8-12-23-25(22)20-40(35(23)47)28-16-18-31(43)38-33(28)45/h8-9,11-14,28-29H,1-5,7,15-21H2,(H,37,42)(H,38,43,45)(H,39,44,46). The van der Waals surface area contributed by atoms with Crippen molar-refractivity contribution in [1.29, 1.82) is 0 Å². The van der Waals surface area contributed by atoms with Crippen LogP contribution in [0, 0.1) is 11.8 Å².